The minimum absolute atomic E-state index is 0.00155. The molecule has 3 fully saturated rings. The molecule has 3 saturated carbocycles. The number of fused-ring (bicyclic) bond motifs is 2. The van der Waals surface area contributed by atoms with Gasteiger partial charge in [0.2, 0.25) is 5.91 Å². The van der Waals surface area contributed by atoms with Crippen LogP contribution in [0, 0.1) is 33.5 Å². The van der Waals surface area contributed by atoms with Gasteiger partial charge >= 0.3 is 0 Å². The summed E-state index contributed by atoms with van der Waals surface area (Å²) in [5.74, 6) is 1.40. The quantitative estimate of drug-likeness (QED) is 0.111. The lowest BCUT2D eigenvalue weighted by Gasteiger charge is -2.71. The van der Waals surface area contributed by atoms with Crippen LogP contribution in [0.25, 0.3) is 10.1 Å². The molecule has 2 N–H and O–H groups in total. The zero-order valence-corrected chi connectivity index (χ0v) is 33.2. The average Bonchev–Trinajstić information content (AvgIpc) is 3.72. The van der Waals surface area contributed by atoms with Gasteiger partial charge in [0.05, 0.1) is 37.2 Å². The fraction of sp³-hybridized carbons (Fsp3) is 0.556. The summed E-state index contributed by atoms with van der Waals surface area (Å²) < 4.78 is 17.4. The Balaban J connectivity index is 1.16. The number of aliphatic hydroxyl groups excluding tert-OH is 1. The number of methoxy groups -OCH3 is 3. The van der Waals surface area contributed by atoms with E-state index in [0.29, 0.717) is 43.9 Å². The molecule has 1 amide bonds. The largest absolute Gasteiger partial charge is 0.493 e. The number of allylic oxidation sites excluding steroid dienone is 4. The van der Waals surface area contributed by atoms with E-state index in [9.17, 15) is 15.0 Å². The number of benzene rings is 2. The molecule has 6 aliphatic carbocycles. The van der Waals surface area contributed by atoms with Gasteiger partial charge in [0.25, 0.3) is 0 Å². The van der Waals surface area contributed by atoms with Crippen molar-refractivity contribution in [2.24, 2.45) is 33.5 Å². The van der Waals surface area contributed by atoms with E-state index in [1.54, 1.807) is 32.7 Å². The molecule has 2 aromatic carbocycles. The van der Waals surface area contributed by atoms with Crippen LogP contribution in [0.1, 0.15) is 80.4 Å². The Morgan fingerprint density at radius 1 is 0.907 bits per heavy atom. The number of carbonyl (C=O) groups is 2. The molecule has 8 nitrogen and oxygen atoms in total. The minimum Gasteiger partial charge on any atom is -0.493 e. The molecule has 8 atom stereocenters. The minimum atomic E-state index is -1.16. The van der Waals surface area contributed by atoms with Crippen LogP contribution < -0.4 is 9.47 Å². The monoisotopic (exact) mass is 753 g/mol. The van der Waals surface area contributed by atoms with Crippen LogP contribution in [0.2, 0.25) is 0 Å². The third kappa shape index (κ3) is 5.47. The van der Waals surface area contributed by atoms with E-state index in [1.165, 1.54) is 0 Å². The predicted molar refractivity (Wildman–Crippen MR) is 211 cm³/mol. The van der Waals surface area contributed by atoms with Crippen molar-refractivity contribution in [2.45, 2.75) is 83.3 Å². The molecular formula is C45H55NO7S. The van der Waals surface area contributed by atoms with Crippen LogP contribution in [0.5, 0.6) is 11.5 Å². The van der Waals surface area contributed by atoms with Gasteiger partial charge in [0.1, 0.15) is 0 Å². The number of nitrogens with zero attached hydrogens (tertiary/aromatic N) is 1. The zero-order valence-electron chi connectivity index (χ0n) is 32.4. The second-order valence-corrected chi connectivity index (χ2v) is 18.4. The van der Waals surface area contributed by atoms with Gasteiger partial charge in [-0.2, -0.15) is 0 Å². The molecule has 3 aromatic rings. The van der Waals surface area contributed by atoms with E-state index in [-0.39, 0.29) is 41.9 Å². The number of carbonyl (C=O) groups excluding carboxylic acids is 2. The summed E-state index contributed by atoms with van der Waals surface area (Å²) in [5.41, 5.74) is -1.12. The Kier molecular flexibility index (Phi) is 9.43. The first kappa shape index (κ1) is 37.4. The molecule has 0 radical (unpaired) electrons. The highest BCUT2D eigenvalue weighted by molar-refractivity contribution is 7.21. The van der Waals surface area contributed by atoms with Gasteiger partial charge in [-0.15, -0.1) is 11.3 Å². The maximum absolute atomic E-state index is 15.1. The average molecular weight is 754 g/mol. The molecule has 8 unspecified atom stereocenters. The van der Waals surface area contributed by atoms with Crippen molar-refractivity contribution >= 4 is 33.1 Å². The van der Waals surface area contributed by atoms with Crippen LogP contribution in [0.3, 0.4) is 0 Å². The molecule has 2 spiro atoms. The van der Waals surface area contributed by atoms with Crippen LogP contribution in [-0.2, 0) is 16.0 Å². The summed E-state index contributed by atoms with van der Waals surface area (Å²) in [6.07, 6.45) is 12.7. The lowest BCUT2D eigenvalue weighted by molar-refractivity contribution is -0.178. The maximum atomic E-state index is 15.1. The van der Waals surface area contributed by atoms with Crippen LogP contribution in [-0.4, -0.2) is 79.5 Å². The first-order valence-electron chi connectivity index (χ1n) is 19.7. The van der Waals surface area contributed by atoms with E-state index in [4.69, 9.17) is 14.2 Å². The first-order valence-corrected chi connectivity index (χ1v) is 20.5. The Bertz CT molecular complexity index is 1990. The third-order valence-electron chi connectivity index (χ3n) is 15.0. The van der Waals surface area contributed by atoms with E-state index < -0.39 is 27.9 Å². The SMILES string of the molecule is COCCCN(CC1(O)CCC2C34C=CC5(C=C3C(=O)c3cc6ccccc6s3)CC(O)CCC5(C)C4CCC21C)C(=O)Cc1ccc(OC)c(OC)c1. The molecule has 0 saturated heterocycles. The summed E-state index contributed by atoms with van der Waals surface area (Å²) in [6, 6.07) is 15.8. The van der Waals surface area contributed by atoms with Gasteiger partial charge in [-0.05, 0) is 104 Å². The summed E-state index contributed by atoms with van der Waals surface area (Å²) >= 11 is 1.56. The number of thiophene rings is 1. The maximum Gasteiger partial charge on any atom is 0.227 e. The highest BCUT2D eigenvalue weighted by atomic mass is 32.1. The number of rotatable bonds is 12. The van der Waals surface area contributed by atoms with E-state index in [0.717, 1.165) is 58.2 Å². The topological polar surface area (TPSA) is 106 Å². The third-order valence-corrected chi connectivity index (χ3v) is 16.1. The molecule has 9 heteroatoms. The number of aliphatic hydroxyl groups is 2. The molecule has 0 aliphatic heterocycles. The Morgan fingerprint density at radius 2 is 1.65 bits per heavy atom. The summed E-state index contributed by atoms with van der Waals surface area (Å²) in [6.45, 7) is 5.84. The summed E-state index contributed by atoms with van der Waals surface area (Å²) in [5, 5.41) is 25.3. The normalized spacial score (nSPS) is 34.9. The van der Waals surface area contributed by atoms with Crippen molar-refractivity contribution in [1.82, 2.24) is 4.90 Å². The van der Waals surface area contributed by atoms with Crippen molar-refractivity contribution in [3.05, 3.63) is 82.8 Å². The van der Waals surface area contributed by atoms with Crippen molar-refractivity contribution in [3.8, 4) is 11.5 Å². The molecule has 54 heavy (non-hydrogen) atoms. The van der Waals surface area contributed by atoms with Crippen molar-refractivity contribution in [3.63, 3.8) is 0 Å². The molecule has 288 valence electrons. The van der Waals surface area contributed by atoms with Crippen LogP contribution in [0.15, 0.2) is 72.3 Å². The second kappa shape index (κ2) is 13.6. The number of amides is 1. The summed E-state index contributed by atoms with van der Waals surface area (Å²) in [4.78, 5) is 31.9. The van der Waals surface area contributed by atoms with E-state index in [1.807, 2.05) is 41.3 Å². The molecule has 6 aliphatic rings. The lowest BCUT2D eigenvalue weighted by Crippen LogP contribution is -2.67. The van der Waals surface area contributed by atoms with Crippen LogP contribution in [0.4, 0.5) is 0 Å². The van der Waals surface area contributed by atoms with Gasteiger partial charge in [-0.25, -0.2) is 0 Å². The van der Waals surface area contributed by atoms with Crippen LogP contribution >= 0.6 is 11.3 Å². The highest BCUT2D eigenvalue weighted by Gasteiger charge is 2.74. The van der Waals surface area contributed by atoms with Gasteiger partial charge in [-0.3, -0.25) is 9.59 Å². The predicted octanol–water partition coefficient (Wildman–Crippen LogP) is 7.80. The molecular weight excluding hydrogens is 699 g/mol. The van der Waals surface area contributed by atoms with Crippen molar-refractivity contribution in [1.29, 1.82) is 0 Å². The Morgan fingerprint density at radius 3 is 2.41 bits per heavy atom. The number of ether oxygens (including phenoxy) is 3. The van der Waals surface area contributed by atoms with Gasteiger partial charge in [-0.1, -0.05) is 56.3 Å². The summed E-state index contributed by atoms with van der Waals surface area (Å²) in [7, 11) is 4.84. The number of Topliss-reactive ketones (excluding diaryl/α,β-unsaturated/α-hetero) is 1. The number of hydrogen-bond acceptors (Lipinski definition) is 8. The highest BCUT2D eigenvalue weighted by Crippen LogP contribution is 2.78. The van der Waals surface area contributed by atoms with E-state index in [2.05, 4.69) is 44.2 Å². The van der Waals surface area contributed by atoms with Crippen molar-refractivity contribution < 1.29 is 34.0 Å². The van der Waals surface area contributed by atoms with E-state index >= 15 is 4.79 Å². The fourth-order valence-corrected chi connectivity index (χ4v) is 13.1. The fourth-order valence-electron chi connectivity index (χ4n) is 12.1. The number of ketones is 1. The first-order chi connectivity index (χ1) is 25.9. The second-order valence-electron chi connectivity index (χ2n) is 17.3. The smallest absolute Gasteiger partial charge is 0.227 e. The lowest BCUT2D eigenvalue weighted by atomic mass is 9.32. The van der Waals surface area contributed by atoms with Crippen molar-refractivity contribution in [2.75, 3.05) is 41.0 Å². The molecule has 9 rings (SSSR count). The van der Waals surface area contributed by atoms with Gasteiger partial charge in [0, 0.05) is 53.3 Å². The molecule has 1 heterocycles. The number of hydrogen-bond donors (Lipinski definition) is 2. The van der Waals surface area contributed by atoms with Gasteiger partial charge < -0.3 is 29.3 Å². The Hall–Kier alpha value is -3.50. The van der Waals surface area contributed by atoms with Gasteiger partial charge in [0.15, 0.2) is 17.3 Å². The zero-order chi connectivity index (χ0) is 38.1. The molecule has 2 bridgehead atoms. The standard InChI is InChI=1S/C45H55NO7S/c1-41-16-13-31(47)26-43(41)19-20-45(32(27-43)40(49)36-25-30-9-6-7-10-35(30)54-36)37(41)14-17-42(2)38(45)15-18-44(42,50)28-46(21-8-22-51-3)39(48)24-29-11-12-33(52-4)34(23-29)53-5/h6-7,9-12,19-20,23,25,27,31,37-38,47,50H,8,13-18,21-22,24,26,28H2,1-5H3. The Labute approximate surface area is 323 Å². The molecule has 1 aromatic heterocycles.